The molecule has 2 heteroatoms. The van der Waals surface area contributed by atoms with Gasteiger partial charge in [-0.15, -0.1) is 0 Å². The first-order chi connectivity index (χ1) is 16.5. The normalized spacial score (nSPS) is 19.2. The largest absolute Gasteiger partial charge is 0.317 e. The molecule has 0 bridgehead atoms. The number of hydrogen-bond donors (Lipinski definition) is 2. The molecule has 0 heterocycles. The SMILES string of the molecule is CCCCNCCC1=C(C(C)CCC)C(C(C)CCC)=C(C(C)CCC)C1CCNCCCC. The highest BCUT2D eigenvalue weighted by atomic mass is 14.9. The summed E-state index contributed by atoms with van der Waals surface area (Å²) in [5.74, 6) is 2.74. The van der Waals surface area contributed by atoms with Crippen LogP contribution in [0.5, 0.6) is 0 Å². The first-order valence-electron chi connectivity index (χ1n) is 15.4. The van der Waals surface area contributed by atoms with Crippen molar-refractivity contribution in [3.8, 4) is 0 Å². The summed E-state index contributed by atoms with van der Waals surface area (Å²) < 4.78 is 0. The molecule has 2 nitrogen and oxygen atoms in total. The van der Waals surface area contributed by atoms with Crippen molar-refractivity contribution in [2.24, 2.45) is 23.7 Å². The van der Waals surface area contributed by atoms with Gasteiger partial charge in [0.2, 0.25) is 0 Å². The summed E-state index contributed by atoms with van der Waals surface area (Å²) in [6.07, 6.45) is 15.5. The topological polar surface area (TPSA) is 24.1 Å². The monoisotopic (exact) mass is 474 g/mol. The fourth-order valence-corrected chi connectivity index (χ4v) is 6.34. The summed E-state index contributed by atoms with van der Waals surface area (Å²) in [6.45, 7) is 23.9. The van der Waals surface area contributed by atoms with Gasteiger partial charge in [0.05, 0.1) is 0 Å². The second kappa shape index (κ2) is 18.6. The predicted molar refractivity (Wildman–Crippen MR) is 155 cm³/mol. The van der Waals surface area contributed by atoms with Crippen molar-refractivity contribution < 1.29 is 0 Å². The van der Waals surface area contributed by atoms with Crippen molar-refractivity contribution in [3.05, 3.63) is 22.3 Å². The molecule has 0 amide bonds. The van der Waals surface area contributed by atoms with Crippen LogP contribution >= 0.6 is 0 Å². The Hall–Kier alpha value is -0.600. The van der Waals surface area contributed by atoms with Gasteiger partial charge in [-0.05, 0) is 100 Å². The number of rotatable bonds is 21. The van der Waals surface area contributed by atoms with E-state index in [0.29, 0.717) is 23.7 Å². The minimum Gasteiger partial charge on any atom is -0.317 e. The summed E-state index contributed by atoms with van der Waals surface area (Å²) in [5.41, 5.74) is 7.28. The third-order valence-corrected chi connectivity index (χ3v) is 8.02. The Morgan fingerprint density at radius 3 is 1.62 bits per heavy atom. The van der Waals surface area contributed by atoms with E-state index >= 15 is 0 Å². The molecule has 0 saturated carbocycles. The molecular formula is C32H62N2. The van der Waals surface area contributed by atoms with Gasteiger partial charge in [0.15, 0.2) is 0 Å². The molecule has 0 aromatic heterocycles. The molecule has 1 aliphatic carbocycles. The molecule has 4 unspecified atom stereocenters. The van der Waals surface area contributed by atoms with Crippen LogP contribution in [0.3, 0.4) is 0 Å². The molecule has 0 aromatic rings. The average molecular weight is 475 g/mol. The summed E-state index contributed by atoms with van der Waals surface area (Å²) >= 11 is 0. The first kappa shape index (κ1) is 31.4. The second-order valence-electron chi connectivity index (χ2n) is 11.2. The number of allylic oxidation sites excluding steroid dienone is 3. The van der Waals surface area contributed by atoms with E-state index in [2.05, 4.69) is 66.0 Å². The Labute approximate surface area is 215 Å². The van der Waals surface area contributed by atoms with Crippen LogP contribution in [0.4, 0.5) is 0 Å². The molecule has 0 radical (unpaired) electrons. The molecule has 4 atom stereocenters. The van der Waals surface area contributed by atoms with E-state index in [0.717, 1.165) is 13.1 Å². The Kier molecular flexibility index (Phi) is 17.2. The van der Waals surface area contributed by atoms with E-state index < -0.39 is 0 Å². The second-order valence-corrected chi connectivity index (χ2v) is 11.2. The van der Waals surface area contributed by atoms with E-state index in [4.69, 9.17) is 0 Å². The Bertz CT molecular complexity index is 588. The van der Waals surface area contributed by atoms with Crippen LogP contribution in [-0.4, -0.2) is 26.2 Å². The zero-order valence-corrected chi connectivity index (χ0v) is 24.6. The van der Waals surface area contributed by atoms with Crippen LogP contribution in [0, 0.1) is 23.7 Å². The lowest BCUT2D eigenvalue weighted by Gasteiger charge is -2.27. The minimum absolute atomic E-state index is 0.660. The van der Waals surface area contributed by atoms with E-state index in [1.54, 1.807) is 5.57 Å². The molecule has 0 spiro atoms. The average Bonchev–Trinajstić information content (AvgIpc) is 3.13. The van der Waals surface area contributed by atoms with Gasteiger partial charge in [0, 0.05) is 5.92 Å². The van der Waals surface area contributed by atoms with Gasteiger partial charge in [-0.25, -0.2) is 0 Å². The summed E-state index contributed by atoms with van der Waals surface area (Å²) in [5, 5.41) is 7.57. The maximum Gasteiger partial charge on any atom is 0.00342 e. The van der Waals surface area contributed by atoms with Gasteiger partial charge in [-0.2, -0.15) is 0 Å². The number of unbranched alkanes of at least 4 members (excludes halogenated alkanes) is 2. The van der Waals surface area contributed by atoms with Gasteiger partial charge in [-0.1, -0.05) is 98.6 Å². The highest BCUT2D eigenvalue weighted by Crippen LogP contribution is 2.51. The lowest BCUT2D eigenvalue weighted by Crippen LogP contribution is -2.24. The first-order valence-corrected chi connectivity index (χ1v) is 15.4. The van der Waals surface area contributed by atoms with Gasteiger partial charge in [-0.3, -0.25) is 0 Å². The Morgan fingerprint density at radius 2 is 1.09 bits per heavy atom. The van der Waals surface area contributed by atoms with Crippen LogP contribution in [0.25, 0.3) is 0 Å². The van der Waals surface area contributed by atoms with Crippen molar-refractivity contribution in [2.75, 3.05) is 26.2 Å². The minimum atomic E-state index is 0.660. The highest BCUT2D eigenvalue weighted by Gasteiger charge is 2.38. The molecule has 0 saturated heterocycles. The van der Waals surface area contributed by atoms with Crippen LogP contribution in [-0.2, 0) is 0 Å². The molecule has 0 fully saturated rings. The zero-order chi connectivity index (χ0) is 25.3. The Morgan fingerprint density at radius 1 is 0.588 bits per heavy atom. The Balaban J connectivity index is 3.40. The van der Waals surface area contributed by atoms with E-state index in [-0.39, 0.29) is 0 Å². The molecule has 0 aromatic carbocycles. The van der Waals surface area contributed by atoms with E-state index in [9.17, 15) is 0 Å². The molecular weight excluding hydrogens is 412 g/mol. The highest BCUT2D eigenvalue weighted by molar-refractivity contribution is 5.53. The van der Waals surface area contributed by atoms with E-state index in [1.165, 1.54) is 90.1 Å². The van der Waals surface area contributed by atoms with Crippen LogP contribution in [0.15, 0.2) is 22.3 Å². The van der Waals surface area contributed by atoms with Crippen molar-refractivity contribution in [3.63, 3.8) is 0 Å². The standard InChI is InChI=1S/C32H62N2/c1-9-14-21-33-23-19-28-29(20-24-34-22-15-10-2)31(26(7)17-12-4)32(27(8)18-13-5)30(28)25(6)16-11-3/h25-28,33-34H,9-24H2,1-8H3. The van der Waals surface area contributed by atoms with Crippen molar-refractivity contribution in [1.82, 2.24) is 10.6 Å². The fourth-order valence-electron chi connectivity index (χ4n) is 6.34. The molecule has 1 aliphatic rings. The molecule has 0 aliphatic heterocycles. The third-order valence-electron chi connectivity index (χ3n) is 8.02. The van der Waals surface area contributed by atoms with Crippen LogP contribution < -0.4 is 10.6 Å². The van der Waals surface area contributed by atoms with Gasteiger partial charge in [0.25, 0.3) is 0 Å². The third kappa shape index (κ3) is 9.81. The predicted octanol–water partition coefficient (Wildman–Crippen LogP) is 9.08. The number of hydrogen-bond acceptors (Lipinski definition) is 2. The molecule has 2 N–H and O–H groups in total. The van der Waals surface area contributed by atoms with Gasteiger partial charge < -0.3 is 10.6 Å². The maximum absolute atomic E-state index is 3.79. The number of nitrogens with one attached hydrogen (secondary N) is 2. The smallest absolute Gasteiger partial charge is 0.00342 e. The quantitative estimate of drug-likeness (QED) is 0.162. The van der Waals surface area contributed by atoms with Crippen LogP contribution in [0.2, 0.25) is 0 Å². The zero-order valence-electron chi connectivity index (χ0n) is 24.6. The molecule has 1 rings (SSSR count). The molecule has 34 heavy (non-hydrogen) atoms. The summed E-state index contributed by atoms with van der Waals surface area (Å²) in [4.78, 5) is 0. The maximum atomic E-state index is 3.79. The lowest BCUT2D eigenvalue weighted by molar-refractivity contribution is 0.478. The van der Waals surface area contributed by atoms with Crippen molar-refractivity contribution in [2.45, 2.75) is 132 Å². The van der Waals surface area contributed by atoms with Crippen LogP contribution in [0.1, 0.15) is 132 Å². The summed E-state index contributed by atoms with van der Waals surface area (Å²) in [6, 6.07) is 0. The van der Waals surface area contributed by atoms with Crippen molar-refractivity contribution >= 4 is 0 Å². The van der Waals surface area contributed by atoms with E-state index in [1.807, 2.05) is 16.7 Å². The lowest BCUT2D eigenvalue weighted by atomic mass is 9.78. The van der Waals surface area contributed by atoms with Gasteiger partial charge >= 0.3 is 0 Å². The summed E-state index contributed by atoms with van der Waals surface area (Å²) in [7, 11) is 0. The van der Waals surface area contributed by atoms with Crippen molar-refractivity contribution in [1.29, 1.82) is 0 Å². The molecule has 200 valence electrons. The fraction of sp³-hybridized carbons (Fsp3) is 0.875. The van der Waals surface area contributed by atoms with Gasteiger partial charge in [0.1, 0.15) is 0 Å².